The van der Waals surface area contributed by atoms with Gasteiger partial charge in [-0.3, -0.25) is 0 Å². The zero-order valence-electron chi connectivity index (χ0n) is 9.56. The maximum atomic E-state index is 12.0. The minimum atomic E-state index is -3.18. The number of hydrogen-bond donors (Lipinski definition) is 1. The Morgan fingerprint density at radius 1 is 1.38 bits per heavy atom. The highest BCUT2D eigenvalue weighted by Crippen LogP contribution is 2.20. The molecule has 0 bridgehead atoms. The fraction of sp³-hybridized carbons (Fsp3) is 0.455. The highest BCUT2D eigenvalue weighted by molar-refractivity contribution is 7.98. The molecule has 0 saturated carbocycles. The van der Waals surface area contributed by atoms with Gasteiger partial charge in [0.05, 0.1) is 10.6 Å². The highest BCUT2D eigenvalue weighted by atomic mass is 32.2. The molecule has 0 amide bonds. The Balaban J connectivity index is 2.93. The van der Waals surface area contributed by atoms with E-state index in [-0.39, 0.29) is 5.75 Å². The maximum absolute atomic E-state index is 12.0. The molecule has 2 N–H and O–H groups in total. The zero-order valence-corrected chi connectivity index (χ0v) is 11.2. The van der Waals surface area contributed by atoms with Crippen molar-refractivity contribution < 1.29 is 8.42 Å². The number of anilines is 1. The van der Waals surface area contributed by atoms with Gasteiger partial charge in [-0.25, -0.2) is 8.42 Å². The van der Waals surface area contributed by atoms with Crippen LogP contribution in [-0.4, -0.2) is 26.2 Å². The number of sulfone groups is 1. The van der Waals surface area contributed by atoms with E-state index in [1.54, 1.807) is 36.9 Å². The van der Waals surface area contributed by atoms with Gasteiger partial charge in [0.15, 0.2) is 9.84 Å². The van der Waals surface area contributed by atoms with Crippen LogP contribution in [0, 0.1) is 6.92 Å². The lowest BCUT2D eigenvalue weighted by Gasteiger charge is -2.08. The van der Waals surface area contributed by atoms with Crippen LogP contribution in [0.15, 0.2) is 23.1 Å². The number of nitrogens with two attached hydrogens (primary N) is 1. The maximum Gasteiger partial charge on any atom is 0.178 e. The van der Waals surface area contributed by atoms with E-state index >= 15 is 0 Å². The van der Waals surface area contributed by atoms with Crippen LogP contribution < -0.4 is 5.73 Å². The molecule has 1 rings (SSSR count). The van der Waals surface area contributed by atoms with E-state index < -0.39 is 9.84 Å². The van der Waals surface area contributed by atoms with Gasteiger partial charge in [0.2, 0.25) is 0 Å². The fourth-order valence-electron chi connectivity index (χ4n) is 1.45. The van der Waals surface area contributed by atoms with E-state index in [2.05, 4.69) is 0 Å². The smallest absolute Gasteiger partial charge is 0.178 e. The summed E-state index contributed by atoms with van der Waals surface area (Å²) < 4.78 is 24.0. The summed E-state index contributed by atoms with van der Waals surface area (Å²) in [6.45, 7) is 1.79. The molecule has 0 spiro atoms. The summed E-state index contributed by atoms with van der Waals surface area (Å²) in [4.78, 5) is 0.369. The lowest BCUT2D eigenvalue weighted by molar-refractivity contribution is 0.594. The van der Waals surface area contributed by atoms with E-state index in [9.17, 15) is 8.42 Å². The van der Waals surface area contributed by atoms with Crippen LogP contribution in [0.3, 0.4) is 0 Å². The van der Waals surface area contributed by atoms with Gasteiger partial charge in [0, 0.05) is 5.69 Å². The fourth-order valence-corrected chi connectivity index (χ4v) is 3.69. The third-order valence-corrected chi connectivity index (χ3v) is 4.94. The van der Waals surface area contributed by atoms with Gasteiger partial charge in [-0.15, -0.1) is 0 Å². The van der Waals surface area contributed by atoms with Crippen molar-refractivity contribution in [3.05, 3.63) is 23.8 Å². The second-order valence-corrected chi connectivity index (χ2v) is 6.75. The van der Waals surface area contributed by atoms with Crippen LogP contribution in [0.5, 0.6) is 0 Å². The van der Waals surface area contributed by atoms with E-state index in [4.69, 9.17) is 5.73 Å². The van der Waals surface area contributed by atoms with Gasteiger partial charge in [-0.1, -0.05) is 6.07 Å². The number of benzene rings is 1. The molecule has 0 fully saturated rings. The molecule has 1 aromatic carbocycles. The summed E-state index contributed by atoms with van der Waals surface area (Å²) in [5.74, 6) is 1.05. The van der Waals surface area contributed by atoms with E-state index in [1.165, 1.54) is 0 Å². The van der Waals surface area contributed by atoms with E-state index in [1.807, 2.05) is 6.26 Å². The minimum Gasteiger partial charge on any atom is -0.399 e. The second-order valence-electron chi connectivity index (χ2n) is 3.69. The monoisotopic (exact) mass is 259 g/mol. The summed E-state index contributed by atoms with van der Waals surface area (Å²) >= 11 is 1.66. The van der Waals surface area contributed by atoms with Gasteiger partial charge in [0.25, 0.3) is 0 Å². The predicted octanol–water partition coefficient (Wildman–Crippen LogP) is 2.10. The quantitative estimate of drug-likeness (QED) is 0.650. The number of hydrogen-bond acceptors (Lipinski definition) is 4. The van der Waals surface area contributed by atoms with Crippen LogP contribution >= 0.6 is 11.8 Å². The van der Waals surface area contributed by atoms with Crippen LogP contribution in [-0.2, 0) is 9.84 Å². The van der Waals surface area contributed by atoms with Gasteiger partial charge in [-0.2, -0.15) is 11.8 Å². The van der Waals surface area contributed by atoms with Crippen molar-refractivity contribution in [1.29, 1.82) is 0 Å². The Labute approximate surface area is 101 Å². The average Bonchev–Trinajstić information content (AvgIpc) is 2.22. The van der Waals surface area contributed by atoms with Crippen LogP contribution in [0.2, 0.25) is 0 Å². The Morgan fingerprint density at radius 2 is 2.06 bits per heavy atom. The first kappa shape index (κ1) is 13.4. The van der Waals surface area contributed by atoms with Crippen molar-refractivity contribution in [3.8, 4) is 0 Å². The molecule has 0 aliphatic rings. The molecule has 0 aliphatic heterocycles. The SMILES string of the molecule is CSCCCS(=O)(=O)c1cc(N)ccc1C. The molecule has 1 aromatic rings. The number of nitrogen functional groups attached to an aromatic ring is 1. The van der Waals surface area contributed by atoms with Gasteiger partial charge < -0.3 is 5.73 Å². The summed E-state index contributed by atoms with van der Waals surface area (Å²) in [7, 11) is -3.18. The topological polar surface area (TPSA) is 60.2 Å². The highest BCUT2D eigenvalue weighted by Gasteiger charge is 2.16. The Kier molecular flexibility index (Phi) is 4.68. The normalized spacial score (nSPS) is 11.6. The number of rotatable bonds is 5. The Hall–Kier alpha value is -0.680. The van der Waals surface area contributed by atoms with Gasteiger partial charge in [0.1, 0.15) is 0 Å². The summed E-state index contributed by atoms with van der Waals surface area (Å²) in [5, 5.41) is 0. The third-order valence-electron chi connectivity index (χ3n) is 2.31. The molecule has 90 valence electrons. The minimum absolute atomic E-state index is 0.193. The predicted molar refractivity (Wildman–Crippen MR) is 70.6 cm³/mol. The van der Waals surface area contributed by atoms with Gasteiger partial charge in [-0.05, 0) is 43.0 Å². The standard InChI is InChI=1S/C11H17NO2S2/c1-9-4-5-10(12)8-11(9)16(13,14)7-3-6-15-2/h4-5,8H,3,6-7,12H2,1-2H3. The van der Waals surface area contributed by atoms with Crippen molar-refractivity contribution in [1.82, 2.24) is 0 Å². The molecule has 0 aliphatic carbocycles. The molecular weight excluding hydrogens is 242 g/mol. The zero-order chi connectivity index (χ0) is 12.2. The van der Waals surface area contributed by atoms with Crippen LogP contribution in [0.25, 0.3) is 0 Å². The molecule has 0 aromatic heterocycles. The van der Waals surface area contributed by atoms with Crippen LogP contribution in [0.1, 0.15) is 12.0 Å². The van der Waals surface area contributed by atoms with Crippen molar-refractivity contribution in [2.24, 2.45) is 0 Å². The van der Waals surface area contributed by atoms with Crippen LogP contribution in [0.4, 0.5) is 5.69 Å². The first-order valence-corrected chi connectivity index (χ1v) is 8.10. The lowest BCUT2D eigenvalue weighted by Crippen LogP contribution is -2.09. The average molecular weight is 259 g/mol. The molecule has 0 saturated heterocycles. The van der Waals surface area contributed by atoms with Crippen molar-refractivity contribution >= 4 is 27.3 Å². The molecular formula is C11H17NO2S2. The lowest BCUT2D eigenvalue weighted by atomic mass is 10.2. The second kappa shape index (κ2) is 5.59. The summed E-state index contributed by atoms with van der Waals surface area (Å²) in [6.07, 6.45) is 2.65. The Bertz CT molecular complexity index is 455. The molecule has 0 radical (unpaired) electrons. The summed E-state index contributed by atoms with van der Waals surface area (Å²) in [5.41, 5.74) is 6.87. The number of aryl methyl sites for hydroxylation is 1. The van der Waals surface area contributed by atoms with Crippen molar-refractivity contribution in [2.75, 3.05) is 23.5 Å². The molecule has 16 heavy (non-hydrogen) atoms. The first-order valence-electron chi connectivity index (χ1n) is 5.05. The first-order chi connectivity index (χ1) is 7.47. The molecule has 3 nitrogen and oxygen atoms in total. The van der Waals surface area contributed by atoms with E-state index in [0.717, 1.165) is 11.3 Å². The van der Waals surface area contributed by atoms with E-state index in [0.29, 0.717) is 17.0 Å². The van der Waals surface area contributed by atoms with Gasteiger partial charge >= 0.3 is 0 Å². The Morgan fingerprint density at radius 3 is 2.69 bits per heavy atom. The van der Waals surface area contributed by atoms with Crippen molar-refractivity contribution in [3.63, 3.8) is 0 Å². The molecule has 0 unspecified atom stereocenters. The number of thioether (sulfide) groups is 1. The third kappa shape index (κ3) is 3.42. The molecule has 0 heterocycles. The van der Waals surface area contributed by atoms with Crippen molar-refractivity contribution in [2.45, 2.75) is 18.2 Å². The molecule has 0 atom stereocenters. The molecule has 5 heteroatoms. The largest absolute Gasteiger partial charge is 0.399 e. The summed E-state index contributed by atoms with van der Waals surface area (Å²) in [6, 6.07) is 5.01.